The van der Waals surface area contributed by atoms with Gasteiger partial charge < -0.3 is 10.1 Å². The Bertz CT molecular complexity index is 553. The number of Topliss-reactive ketones (excluding diaryl/α,β-unsaturated/α-hetero) is 1. The predicted molar refractivity (Wildman–Crippen MR) is 80.9 cm³/mol. The summed E-state index contributed by atoms with van der Waals surface area (Å²) in [5.41, 5.74) is 0.338. The lowest BCUT2D eigenvalue weighted by atomic mass is 9.71. The molecule has 0 aromatic heterocycles. The Morgan fingerprint density at radius 1 is 1.41 bits per heavy atom. The van der Waals surface area contributed by atoms with Crippen LogP contribution in [-0.4, -0.2) is 31.4 Å². The zero-order valence-electron chi connectivity index (χ0n) is 12.5. The highest BCUT2D eigenvalue weighted by molar-refractivity contribution is 5.87. The van der Waals surface area contributed by atoms with E-state index in [1.165, 1.54) is 0 Å². The highest BCUT2D eigenvalue weighted by Gasteiger charge is 2.42. The first-order valence-corrected chi connectivity index (χ1v) is 7.44. The van der Waals surface area contributed by atoms with Crippen molar-refractivity contribution in [1.82, 2.24) is 5.32 Å². The summed E-state index contributed by atoms with van der Waals surface area (Å²) in [4.78, 5) is 23.1. The minimum Gasteiger partial charge on any atom is -0.464 e. The molecule has 2 unspecified atom stereocenters. The van der Waals surface area contributed by atoms with E-state index >= 15 is 0 Å². The number of benzene rings is 1. The fourth-order valence-corrected chi connectivity index (χ4v) is 3.04. The van der Waals surface area contributed by atoms with Gasteiger partial charge in [-0.05, 0) is 24.9 Å². The number of ether oxygens (including phenoxy) is 1. The van der Waals surface area contributed by atoms with Gasteiger partial charge in [-0.15, -0.1) is 0 Å². The fourth-order valence-electron chi connectivity index (χ4n) is 3.04. The highest BCUT2D eigenvalue weighted by atomic mass is 16.5. The van der Waals surface area contributed by atoms with E-state index in [-0.39, 0.29) is 18.7 Å². The number of piperidine rings is 1. The Morgan fingerprint density at radius 3 is 2.82 bits per heavy atom. The summed E-state index contributed by atoms with van der Waals surface area (Å²) in [6.45, 7) is 1.41. The fraction of sp³-hybridized carbons (Fsp3) is 0.471. The van der Waals surface area contributed by atoms with Gasteiger partial charge in [-0.25, -0.2) is 0 Å². The van der Waals surface area contributed by atoms with Crippen LogP contribution in [0.15, 0.2) is 30.3 Å². The van der Waals surface area contributed by atoms with Crippen LogP contribution in [0.2, 0.25) is 0 Å². The molecule has 1 aromatic rings. The molecule has 0 saturated carbocycles. The average molecular weight is 300 g/mol. The lowest BCUT2D eigenvalue weighted by Crippen LogP contribution is -2.47. The maximum Gasteiger partial charge on any atom is 0.293 e. The van der Waals surface area contributed by atoms with E-state index in [0.29, 0.717) is 32.3 Å². The van der Waals surface area contributed by atoms with E-state index in [4.69, 9.17) is 10.00 Å². The van der Waals surface area contributed by atoms with Crippen molar-refractivity contribution in [3.05, 3.63) is 35.9 Å². The van der Waals surface area contributed by atoms with Gasteiger partial charge in [0.25, 0.3) is 6.47 Å². The van der Waals surface area contributed by atoms with Crippen LogP contribution >= 0.6 is 0 Å². The molecule has 0 aliphatic carbocycles. The smallest absolute Gasteiger partial charge is 0.293 e. The Morgan fingerprint density at radius 2 is 2.18 bits per heavy atom. The molecular formula is C17H20N2O3. The van der Waals surface area contributed by atoms with Crippen molar-refractivity contribution < 1.29 is 14.3 Å². The number of rotatable bonds is 7. The summed E-state index contributed by atoms with van der Waals surface area (Å²) < 4.78 is 5.21. The minimum atomic E-state index is -0.706. The van der Waals surface area contributed by atoms with Gasteiger partial charge in [0.1, 0.15) is 6.10 Å². The SMILES string of the molecule is N#CCC1(CC(Cc2ccccc2)OC=O)CCNCC1=O. The summed E-state index contributed by atoms with van der Waals surface area (Å²) in [6, 6.07) is 11.8. The lowest BCUT2D eigenvalue weighted by Gasteiger charge is -2.36. The quantitative estimate of drug-likeness (QED) is 0.774. The second-order valence-electron chi connectivity index (χ2n) is 5.71. The highest BCUT2D eigenvalue weighted by Crippen LogP contribution is 2.36. The number of nitriles is 1. The van der Waals surface area contributed by atoms with E-state index in [1.54, 1.807) is 0 Å². The molecule has 0 spiro atoms. The van der Waals surface area contributed by atoms with Crippen LogP contribution in [0, 0.1) is 16.7 Å². The monoisotopic (exact) mass is 300 g/mol. The van der Waals surface area contributed by atoms with Gasteiger partial charge in [-0.2, -0.15) is 5.26 Å². The topological polar surface area (TPSA) is 79.2 Å². The number of nitrogens with zero attached hydrogens (tertiary/aromatic N) is 1. The van der Waals surface area contributed by atoms with Crippen LogP contribution in [0.4, 0.5) is 0 Å². The molecule has 1 aliphatic heterocycles. The van der Waals surface area contributed by atoms with Crippen molar-refractivity contribution in [2.75, 3.05) is 13.1 Å². The zero-order chi connectivity index (χ0) is 15.8. The largest absolute Gasteiger partial charge is 0.464 e. The number of carbonyl (C=O) groups excluding carboxylic acids is 2. The first-order valence-electron chi connectivity index (χ1n) is 7.44. The van der Waals surface area contributed by atoms with Gasteiger partial charge in [0.15, 0.2) is 5.78 Å². The van der Waals surface area contributed by atoms with Crippen LogP contribution in [0.1, 0.15) is 24.8 Å². The molecule has 0 radical (unpaired) electrons. The Labute approximate surface area is 130 Å². The van der Waals surface area contributed by atoms with Gasteiger partial charge in [-0.1, -0.05) is 30.3 Å². The van der Waals surface area contributed by atoms with Gasteiger partial charge in [0.2, 0.25) is 0 Å². The second-order valence-corrected chi connectivity index (χ2v) is 5.71. The molecule has 0 amide bonds. The first-order chi connectivity index (χ1) is 10.7. The molecule has 22 heavy (non-hydrogen) atoms. The van der Waals surface area contributed by atoms with Crippen molar-refractivity contribution in [2.24, 2.45) is 5.41 Å². The van der Waals surface area contributed by atoms with E-state index in [2.05, 4.69) is 11.4 Å². The lowest BCUT2D eigenvalue weighted by molar-refractivity contribution is -0.140. The third kappa shape index (κ3) is 3.92. The van der Waals surface area contributed by atoms with Gasteiger partial charge in [0.05, 0.1) is 12.6 Å². The van der Waals surface area contributed by atoms with Crippen LogP contribution in [0.5, 0.6) is 0 Å². The van der Waals surface area contributed by atoms with Crippen LogP contribution in [-0.2, 0) is 20.7 Å². The summed E-state index contributed by atoms with van der Waals surface area (Å²) in [6.07, 6.45) is 1.33. The van der Waals surface area contributed by atoms with Crippen molar-refractivity contribution in [3.63, 3.8) is 0 Å². The van der Waals surface area contributed by atoms with Crippen molar-refractivity contribution >= 4 is 12.3 Å². The Hall–Kier alpha value is -2.19. The molecule has 1 N–H and O–H groups in total. The summed E-state index contributed by atoms with van der Waals surface area (Å²) in [5.74, 6) is 0.0351. The number of nitrogens with one attached hydrogen (secondary N) is 1. The maximum absolute atomic E-state index is 12.3. The third-order valence-electron chi connectivity index (χ3n) is 4.25. The van der Waals surface area contributed by atoms with Crippen molar-refractivity contribution in [2.45, 2.75) is 31.8 Å². The predicted octanol–water partition coefficient (Wildman–Crippen LogP) is 1.62. The van der Waals surface area contributed by atoms with E-state index in [9.17, 15) is 9.59 Å². The molecule has 1 saturated heterocycles. The van der Waals surface area contributed by atoms with Gasteiger partial charge in [0, 0.05) is 18.3 Å². The molecule has 1 heterocycles. The molecule has 5 heteroatoms. The summed E-state index contributed by atoms with van der Waals surface area (Å²) in [5, 5.41) is 12.1. The molecule has 1 aromatic carbocycles. The Balaban J connectivity index is 2.15. The molecule has 2 atom stereocenters. The number of carbonyl (C=O) groups is 2. The first kappa shape index (κ1) is 16.2. The number of hydrogen-bond acceptors (Lipinski definition) is 5. The zero-order valence-corrected chi connectivity index (χ0v) is 12.5. The molecule has 1 aliphatic rings. The molecule has 5 nitrogen and oxygen atoms in total. The van der Waals surface area contributed by atoms with E-state index in [1.807, 2.05) is 30.3 Å². The molecular weight excluding hydrogens is 280 g/mol. The standard InChI is InChI=1S/C17H20N2O3/c18-8-6-17(7-9-19-12-16(17)21)11-15(22-13-20)10-14-4-2-1-3-5-14/h1-5,13,15,19H,6-7,9-12H2. The van der Waals surface area contributed by atoms with E-state index < -0.39 is 11.5 Å². The van der Waals surface area contributed by atoms with Crippen molar-refractivity contribution in [1.29, 1.82) is 5.26 Å². The molecule has 2 rings (SSSR count). The van der Waals surface area contributed by atoms with Crippen LogP contribution < -0.4 is 5.32 Å². The number of ketones is 1. The molecule has 116 valence electrons. The maximum atomic E-state index is 12.3. The third-order valence-corrected chi connectivity index (χ3v) is 4.25. The Kier molecular flexibility index (Phi) is 5.68. The molecule has 1 fully saturated rings. The van der Waals surface area contributed by atoms with Crippen LogP contribution in [0.3, 0.4) is 0 Å². The summed E-state index contributed by atoms with van der Waals surface area (Å²) >= 11 is 0. The normalized spacial score (nSPS) is 22.6. The second kappa shape index (κ2) is 7.71. The summed E-state index contributed by atoms with van der Waals surface area (Å²) in [7, 11) is 0. The van der Waals surface area contributed by atoms with Gasteiger partial charge >= 0.3 is 0 Å². The van der Waals surface area contributed by atoms with Gasteiger partial charge in [-0.3, -0.25) is 9.59 Å². The average Bonchev–Trinajstić information content (AvgIpc) is 2.52. The molecule has 0 bridgehead atoms. The minimum absolute atomic E-state index is 0.0351. The van der Waals surface area contributed by atoms with Crippen molar-refractivity contribution in [3.8, 4) is 6.07 Å². The van der Waals surface area contributed by atoms with Crippen LogP contribution in [0.25, 0.3) is 0 Å². The van der Waals surface area contributed by atoms with E-state index in [0.717, 1.165) is 5.56 Å². The number of hydrogen-bond donors (Lipinski definition) is 1.